The Kier molecular flexibility index (Phi) is 5.16. The van der Waals surface area contributed by atoms with Gasteiger partial charge in [0.1, 0.15) is 0 Å². The van der Waals surface area contributed by atoms with E-state index in [4.69, 9.17) is 0 Å². The first-order valence-corrected chi connectivity index (χ1v) is 7.45. The summed E-state index contributed by atoms with van der Waals surface area (Å²) in [5, 5.41) is 8.15. The van der Waals surface area contributed by atoms with Crippen molar-refractivity contribution in [2.45, 2.75) is 13.8 Å². The summed E-state index contributed by atoms with van der Waals surface area (Å²) < 4.78 is 0.814. The second kappa shape index (κ2) is 7.09. The fraction of sp³-hybridized carbons (Fsp3) is 0.125. The highest BCUT2D eigenvalue weighted by Gasteiger charge is 2.06. The number of nitrogens with one attached hydrogen (secondary N) is 3. The molecule has 3 amide bonds. The van der Waals surface area contributed by atoms with Crippen molar-refractivity contribution in [3.8, 4) is 0 Å². The molecule has 0 spiro atoms. The molecule has 114 valence electrons. The smallest absolute Gasteiger partial charge is 0.323 e. The lowest BCUT2D eigenvalue weighted by atomic mass is 10.2. The number of anilines is 3. The molecule has 0 radical (unpaired) electrons. The predicted molar refractivity (Wildman–Crippen MR) is 92.3 cm³/mol. The minimum Gasteiger partial charge on any atom is -0.326 e. The Hall–Kier alpha value is -2.34. The van der Waals surface area contributed by atoms with E-state index in [0.717, 1.165) is 10.0 Å². The number of benzene rings is 2. The van der Waals surface area contributed by atoms with Crippen molar-refractivity contribution in [2.75, 3.05) is 16.0 Å². The van der Waals surface area contributed by atoms with Crippen LogP contribution in [0.25, 0.3) is 0 Å². The quantitative estimate of drug-likeness (QED) is 0.759. The Morgan fingerprint density at radius 1 is 0.955 bits per heavy atom. The summed E-state index contributed by atoms with van der Waals surface area (Å²) in [5.41, 5.74) is 3.00. The lowest BCUT2D eigenvalue weighted by Gasteiger charge is -2.11. The molecule has 0 heterocycles. The van der Waals surface area contributed by atoms with E-state index in [1.54, 1.807) is 24.3 Å². The molecule has 3 N–H and O–H groups in total. The van der Waals surface area contributed by atoms with E-state index in [9.17, 15) is 9.59 Å². The molecule has 6 heteroatoms. The molecule has 0 bridgehead atoms. The van der Waals surface area contributed by atoms with E-state index in [1.165, 1.54) is 6.92 Å². The first-order chi connectivity index (χ1) is 10.4. The number of hydrogen-bond donors (Lipinski definition) is 3. The van der Waals surface area contributed by atoms with Crippen LogP contribution in [-0.4, -0.2) is 11.9 Å². The summed E-state index contributed by atoms with van der Waals surface area (Å²) >= 11 is 3.41. The van der Waals surface area contributed by atoms with Crippen LogP contribution in [0.3, 0.4) is 0 Å². The molecule has 0 aromatic heterocycles. The van der Waals surface area contributed by atoms with Crippen molar-refractivity contribution in [3.05, 3.63) is 52.5 Å². The van der Waals surface area contributed by atoms with Gasteiger partial charge in [0.2, 0.25) is 5.91 Å². The zero-order valence-electron chi connectivity index (χ0n) is 12.2. The highest BCUT2D eigenvalue weighted by Crippen LogP contribution is 2.23. The number of carbonyl (C=O) groups excluding carboxylic acids is 2. The van der Waals surface area contributed by atoms with Gasteiger partial charge in [-0.1, -0.05) is 12.1 Å². The van der Waals surface area contributed by atoms with Crippen LogP contribution in [0.1, 0.15) is 12.5 Å². The first kappa shape index (κ1) is 16.0. The van der Waals surface area contributed by atoms with Gasteiger partial charge in [0.05, 0.1) is 5.69 Å². The topological polar surface area (TPSA) is 70.2 Å². The monoisotopic (exact) mass is 361 g/mol. The summed E-state index contributed by atoms with van der Waals surface area (Å²) in [7, 11) is 0. The number of amides is 3. The molecule has 0 atom stereocenters. The van der Waals surface area contributed by atoms with Crippen molar-refractivity contribution in [2.24, 2.45) is 0 Å². The summed E-state index contributed by atoms with van der Waals surface area (Å²) in [6, 6.07) is 12.2. The Morgan fingerprint density at radius 3 is 2.27 bits per heavy atom. The normalized spacial score (nSPS) is 9.95. The summed E-state index contributed by atoms with van der Waals surface area (Å²) in [6.07, 6.45) is 0. The maximum Gasteiger partial charge on any atom is 0.323 e. The number of hydrogen-bond acceptors (Lipinski definition) is 2. The maximum absolute atomic E-state index is 12.0. The van der Waals surface area contributed by atoms with Crippen LogP contribution in [0, 0.1) is 6.92 Å². The molecule has 2 aromatic carbocycles. The van der Waals surface area contributed by atoms with Gasteiger partial charge in [-0.05, 0) is 58.7 Å². The van der Waals surface area contributed by atoms with Crippen LogP contribution in [0.2, 0.25) is 0 Å². The molecule has 0 fully saturated rings. The molecule has 2 rings (SSSR count). The van der Waals surface area contributed by atoms with E-state index in [0.29, 0.717) is 17.1 Å². The minimum atomic E-state index is -0.357. The number of urea groups is 1. The van der Waals surface area contributed by atoms with Crippen LogP contribution >= 0.6 is 15.9 Å². The van der Waals surface area contributed by atoms with E-state index in [1.807, 2.05) is 25.1 Å². The van der Waals surface area contributed by atoms with Crippen LogP contribution in [-0.2, 0) is 4.79 Å². The molecule has 0 saturated carbocycles. The van der Waals surface area contributed by atoms with E-state index >= 15 is 0 Å². The van der Waals surface area contributed by atoms with Crippen LogP contribution < -0.4 is 16.0 Å². The Balaban J connectivity index is 2.04. The van der Waals surface area contributed by atoms with Gasteiger partial charge in [-0.25, -0.2) is 4.79 Å². The van der Waals surface area contributed by atoms with Crippen molar-refractivity contribution in [1.29, 1.82) is 0 Å². The standard InChI is InChI=1S/C16H16BrN3O2/c1-10-6-7-15(14(17)8-10)20-16(22)19-13-5-3-4-12(9-13)18-11(2)21/h3-9H,1-2H3,(H,18,21)(H2,19,20,22). The average molecular weight is 362 g/mol. The first-order valence-electron chi connectivity index (χ1n) is 6.66. The van der Waals surface area contributed by atoms with E-state index in [2.05, 4.69) is 31.9 Å². The lowest BCUT2D eigenvalue weighted by molar-refractivity contribution is -0.114. The third-order valence-electron chi connectivity index (χ3n) is 2.81. The average Bonchev–Trinajstić information content (AvgIpc) is 2.41. The van der Waals surface area contributed by atoms with Gasteiger partial charge >= 0.3 is 6.03 Å². The number of carbonyl (C=O) groups is 2. The lowest BCUT2D eigenvalue weighted by Crippen LogP contribution is -2.19. The second-order valence-corrected chi connectivity index (χ2v) is 5.68. The minimum absolute atomic E-state index is 0.162. The second-order valence-electron chi connectivity index (χ2n) is 4.82. The zero-order chi connectivity index (χ0) is 16.1. The highest BCUT2D eigenvalue weighted by atomic mass is 79.9. The zero-order valence-corrected chi connectivity index (χ0v) is 13.8. The summed E-state index contributed by atoms with van der Waals surface area (Å²) in [4.78, 5) is 23.1. The third kappa shape index (κ3) is 4.60. The summed E-state index contributed by atoms with van der Waals surface area (Å²) in [6.45, 7) is 3.41. The summed E-state index contributed by atoms with van der Waals surface area (Å²) in [5.74, 6) is -0.162. The van der Waals surface area contributed by atoms with Gasteiger partial charge in [0.25, 0.3) is 0 Å². The van der Waals surface area contributed by atoms with Crippen molar-refractivity contribution < 1.29 is 9.59 Å². The van der Waals surface area contributed by atoms with Crippen molar-refractivity contribution in [1.82, 2.24) is 0 Å². The number of halogens is 1. The van der Waals surface area contributed by atoms with Crippen LogP contribution in [0.4, 0.5) is 21.9 Å². The Bertz CT molecular complexity index is 716. The van der Waals surface area contributed by atoms with E-state index < -0.39 is 0 Å². The number of aryl methyl sites for hydroxylation is 1. The van der Waals surface area contributed by atoms with Crippen LogP contribution in [0.15, 0.2) is 46.9 Å². The SMILES string of the molecule is CC(=O)Nc1cccc(NC(=O)Nc2ccc(C)cc2Br)c1. The molecular weight excluding hydrogens is 346 g/mol. The van der Waals surface area contributed by atoms with Gasteiger partial charge in [0, 0.05) is 22.8 Å². The van der Waals surface area contributed by atoms with Crippen molar-refractivity contribution >= 4 is 44.9 Å². The molecule has 0 unspecified atom stereocenters. The van der Waals surface area contributed by atoms with Gasteiger partial charge in [-0.15, -0.1) is 0 Å². The highest BCUT2D eigenvalue weighted by molar-refractivity contribution is 9.10. The van der Waals surface area contributed by atoms with E-state index in [-0.39, 0.29) is 11.9 Å². The van der Waals surface area contributed by atoms with Gasteiger partial charge in [-0.3, -0.25) is 4.79 Å². The Morgan fingerprint density at radius 2 is 1.64 bits per heavy atom. The molecule has 22 heavy (non-hydrogen) atoms. The molecule has 2 aromatic rings. The third-order valence-corrected chi connectivity index (χ3v) is 3.47. The molecule has 0 saturated heterocycles. The van der Waals surface area contributed by atoms with Crippen molar-refractivity contribution in [3.63, 3.8) is 0 Å². The molecule has 5 nitrogen and oxygen atoms in total. The van der Waals surface area contributed by atoms with Gasteiger partial charge in [-0.2, -0.15) is 0 Å². The van der Waals surface area contributed by atoms with Crippen LogP contribution in [0.5, 0.6) is 0 Å². The predicted octanol–water partition coefficient (Wildman–Crippen LogP) is 4.36. The molecular formula is C16H16BrN3O2. The molecule has 0 aliphatic carbocycles. The largest absolute Gasteiger partial charge is 0.326 e. The molecule has 0 aliphatic heterocycles. The fourth-order valence-electron chi connectivity index (χ4n) is 1.88. The number of rotatable bonds is 3. The maximum atomic E-state index is 12.0. The fourth-order valence-corrected chi connectivity index (χ4v) is 2.48. The van der Waals surface area contributed by atoms with Gasteiger partial charge in [0.15, 0.2) is 0 Å². The molecule has 0 aliphatic rings. The van der Waals surface area contributed by atoms with Gasteiger partial charge < -0.3 is 16.0 Å². The Labute approximate surface area is 137 Å².